The lowest BCUT2D eigenvalue weighted by Gasteiger charge is -2.17. The van der Waals surface area contributed by atoms with E-state index in [-0.39, 0.29) is 12.7 Å². The highest BCUT2D eigenvalue weighted by molar-refractivity contribution is 6.42. The van der Waals surface area contributed by atoms with Crippen molar-refractivity contribution in [2.75, 3.05) is 19.9 Å². The van der Waals surface area contributed by atoms with Crippen LogP contribution in [0, 0.1) is 0 Å². The zero-order chi connectivity index (χ0) is 16.7. The fourth-order valence-electron chi connectivity index (χ4n) is 3.20. The van der Waals surface area contributed by atoms with Crippen LogP contribution in [0.1, 0.15) is 28.3 Å². The first kappa shape index (κ1) is 15.6. The molecule has 2 aliphatic rings. The van der Waals surface area contributed by atoms with Gasteiger partial charge in [0.1, 0.15) is 0 Å². The van der Waals surface area contributed by atoms with Crippen molar-refractivity contribution in [3.63, 3.8) is 0 Å². The van der Waals surface area contributed by atoms with Crippen LogP contribution in [-0.4, -0.2) is 30.7 Å². The molecule has 0 unspecified atom stereocenters. The third kappa shape index (κ3) is 2.80. The van der Waals surface area contributed by atoms with Crippen molar-refractivity contribution in [3.8, 4) is 11.5 Å². The lowest BCUT2D eigenvalue weighted by Crippen LogP contribution is -2.28. The molecule has 124 valence electrons. The maximum Gasteiger partial charge on any atom is 0.253 e. The van der Waals surface area contributed by atoms with Crippen LogP contribution in [0.15, 0.2) is 36.4 Å². The van der Waals surface area contributed by atoms with Gasteiger partial charge in [-0.3, -0.25) is 4.79 Å². The predicted octanol–water partition coefficient (Wildman–Crippen LogP) is 4.35. The number of nitrogens with zero attached hydrogens (tertiary/aromatic N) is 1. The first-order valence-electron chi connectivity index (χ1n) is 7.75. The summed E-state index contributed by atoms with van der Waals surface area (Å²) in [5, 5.41) is 0.849. The summed E-state index contributed by atoms with van der Waals surface area (Å²) in [5.41, 5.74) is 1.74. The molecule has 2 aromatic carbocycles. The molecule has 0 N–H and O–H groups in total. The molecule has 2 aliphatic heterocycles. The van der Waals surface area contributed by atoms with E-state index in [2.05, 4.69) is 0 Å². The Hall–Kier alpha value is -1.91. The molecule has 0 radical (unpaired) electrons. The SMILES string of the molecule is O=C(c1ccc(Cl)c(Cl)c1)N1CC[C@H](c2ccc3c(c2)OCO3)C1. The van der Waals surface area contributed by atoms with Gasteiger partial charge in [0.05, 0.1) is 10.0 Å². The molecule has 2 aromatic rings. The summed E-state index contributed by atoms with van der Waals surface area (Å²) in [7, 11) is 0. The zero-order valence-corrected chi connectivity index (χ0v) is 14.3. The summed E-state index contributed by atoms with van der Waals surface area (Å²) in [6.45, 7) is 1.67. The molecule has 4 rings (SSSR count). The minimum absolute atomic E-state index is 0.0168. The van der Waals surface area contributed by atoms with Crippen molar-refractivity contribution in [3.05, 3.63) is 57.6 Å². The van der Waals surface area contributed by atoms with E-state index in [4.69, 9.17) is 32.7 Å². The van der Waals surface area contributed by atoms with Gasteiger partial charge in [-0.05, 0) is 42.3 Å². The number of benzene rings is 2. The van der Waals surface area contributed by atoms with Crippen LogP contribution in [0.3, 0.4) is 0 Å². The maximum atomic E-state index is 12.7. The Morgan fingerprint density at radius 2 is 1.88 bits per heavy atom. The Labute approximate surface area is 149 Å². The number of likely N-dealkylation sites (tertiary alicyclic amines) is 1. The van der Waals surface area contributed by atoms with Crippen LogP contribution in [-0.2, 0) is 0 Å². The van der Waals surface area contributed by atoms with Gasteiger partial charge in [0.25, 0.3) is 5.91 Å². The van der Waals surface area contributed by atoms with Gasteiger partial charge in [-0.2, -0.15) is 0 Å². The van der Waals surface area contributed by atoms with E-state index in [1.165, 1.54) is 5.56 Å². The number of rotatable bonds is 2. The Bertz CT molecular complexity index is 809. The van der Waals surface area contributed by atoms with E-state index in [0.29, 0.717) is 28.1 Å². The van der Waals surface area contributed by atoms with Gasteiger partial charge in [-0.1, -0.05) is 29.3 Å². The number of fused-ring (bicyclic) bond motifs is 1. The zero-order valence-electron chi connectivity index (χ0n) is 12.8. The lowest BCUT2D eigenvalue weighted by atomic mass is 9.98. The second-order valence-electron chi connectivity index (χ2n) is 5.98. The number of carbonyl (C=O) groups is 1. The fraction of sp³-hybridized carbons (Fsp3) is 0.278. The van der Waals surface area contributed by atoms with Crippen molar-refractivity contribution < 1.29 is 14.3 Å². The molecule has 1 amide bonds. The summed E-state index contributed by atoms with van der Waals surface area (Å²) in [6, 6.07) is 11.0. The molecule has 2 heterocycles. The molecule has 6 heteroatoms. The van der Waals surface area contributed by atoms with E-state index >= 15 is 0 Å². The molecule has 1 fully saturated rings. The average Bonchev–Trinajstić information content (AvgIpc) is 3.24. The Morgan fingerprint density at radius 3 is 2.71 bits per heavy atom. The molecule has 0 bridgehead atoms. The Kier molecular flexibility index (Phi) is 4.02. The highest BCUT2D eigenvalue weighted by Gasteiger charge is 2.29. The largest absolute Gasteiger partial charge is 0.454 e. The Morgan fingerprint density at radius 1 is 1.04 bits per heavy atom. The summed E-state index contributed by atoms with van der Waals surface area (Å²) in [6.07, 6.45) is 0.923. The molecule has 0 aliphatic carbocycles. The lowest BCUT2D eigenvalue weighted by molar-refractivity contribution is 0.0791. The molecular weight excluding hydrogens is 349 g/mol. The van der Waals surface area contributed by atoms with Crippen molar-refractivity contribution in [2.45, 2.75) is 12.3 Å². The third-order valence-electron chi connectivity index (χ3n) is 4.51. The number of carbonyl (C=O) groups excluding carboxylic acids is 1. The van der Waals surface area contributed by atoms with Crippen molar-refractivity contribution in [1.82, 2.24) is 4.90 Å². The van der Waals surface area contributed by atoms with Gasteiger partial charge in [0.15, 0.2) is 11.5 Å². The normalized spacial score (nSPS) is 18.9. The molecule has 4 nitrogen and oxygen atoms in total. The van der Waals surface area contributed by atoms with Crippen LogP contribution >= 0.6 is 23.2 Å². The fourth-order valence-corrected chi connectivity index (χ4v) is 3.49. The maximum absolute atomic E-state index is 12.7. The van der Waals surface area contributed by atoms with Crippen LogP contribution < -0.4 is 9.47 Å². The minimum Gasteiger partial charge on any atom is -0.454 e. The number of hydrogen-bond acceptors (Lipinski definition) is 3. The average molecular weight is 364 g/mol. The summed E-state index contributed by atoms with van der Waals surface area (Å²) in [5.74, 6) is 1.84. The summed E-state index contributed by atoms with van der Waals surface area (Å²) < 4.78 is 10.8. The molecule has 1 atom stereocenters. The van der Waals surface area contributed by atoms with Gasteiger partial charge in [-0.25, -0.2) is 0 Å². The van der Waals surface area contributed by atoms with Gasteiger partial charge in [0.2, 0.25) is 6.79 Å². The molecule has 1 saturated heterocycles. The van der Waals surface area contributed by atoms with Crippen LogP contribution in [0.25, 0.3) is 0 Å². The number of amides is 1. The van der Waals surface area contributed by atoms with E-state index in [9.17, 15) is 4.79 Å². The first-order valence-corrected chi connectivity index (χ1v) is 8.51. The topological polar surface area (TPSA) is 38.8 Å². The highest BCUT2D eigenvalue weighted by Crippen LogP contribution is 2.37. The highest BCUT2D eigenvalue weighted by atomic mass is 35.5. The number of ether oxygens (including phenoxy) is 2. The van der Waals surface area contributed by atoms with Gasteiger partial charge in [-0.15, -0.1) is 0 Å². The van der Waals surface area contributed by atoms with E-state index < -0.39 is 0 Å². The van der Waals surface area contributed by atoms with E-state index in [1.54, 1.807) is 18.2 Å². The van der Waals surface area contributed by atoms with Crippen molar-refractivity contribution >= 4 is 29.1 Å². The van der Waals surface area contributed by atoms with Gasteiger partial charge < -0.3 is 14.4 Å². The summed E-state index contributed by atoms with van der Waals surface area (Å²) >= 11 is 11.9. The standard InChI is InChI=1S/C18H15Cl2NO3/c19-14-3-1-12(7-15(14)20)18(22)21-6-5-13(9-21)11-2-4-16-17(8-11)24-10-23-16/h1-4,7-8,13H,5-6,9-10H2/t13-/m0/s1. The van der Waals surface area contributed by atoms with Crippen LogP contribution in [0.4, 0.5) is 0 Å². The molecule has 24 heavy (non-hydrogen) atoms. The smallest absolute Gasteiger partial charge is 0.253 e. The third-order valence-corrected chi connectivity index (χ3v) is 5.25. The molecule has 0 saturated carbocycles. The monoisotopic (exact) mass is 363 g/mol. The van der Waals surface area contributed by atoms with Crippen molar-refractivity contribution in [1.29, 1.82) is 0 Å². The van der Waals surface area contributed by atoms with Crippen LogP contribution in [0.5, 0.6) is 11.5 Å². The number of halogens is 2. The number of hydrogen-bond donors (Lipinski definition) is 0. The summed E-state index contributed by atoms with van der Waals surface area (Å²) in [4.78, 5) is 14.5. The van der Waals surface area contributed by atoms with E-state index in [0.717, 1.165) is 24.5 Å². The molecule has 0 spiro atoms. The second kappa shape index (κ2) is 6.19. The van der Waals surface area contributed by atoms with Crippen LogP contribution in [0.2, 0.25) is 10.0 Å². The second-order valence-corrected chi connectivity index (χ2v) is 6.79. The minimum atomic E-state index is -0.0168. The van der Waals surface area contributed by atoms with Gasteiger partial charge >= 0.3 is 0 Å². The van der Waals surface area contributed by atoms with Gasteiger partial charge in [0, 0.05) is 24.6 Å². The van der Waals surface area contributed by atoms with E-state index in [1.807, 2.05) is 23.1 Å². The van der Waals surface area contributed by atoms with Crippen molar-refractivity contribution in [2.24, 2.45) is 0 Å². The quantitative estimate of drug-likeness (QED) is 0.795. The molecular formula is C18H15Cl2NO3. The Balaban J connectivity index is 1.49. The first-order chi connectivity index (χ1) is 11.6. The molecule has 0 aromatic heterocycles. The predicted molar refractivity (Wildman–Crippen MR) is 92.3 cm³/mol.